The third-order valence-electron chi connectivity index (χ3n) is 3.74. The smallest absolute Gasteiger partial charge is 0.224 e. The summed E-state index contributed by atoms with van der Waals surface area (Å²) in [7, 11) is 0. The lowest BCUT2D eigenvalue weighted by molar-refractivity contribution is -0.116. The van der Waals surface area contributed by atoms with E-state index < -0.39 is 0 Å². The fourth-order valence-corrected chi connectivity index (χ4v) is 2.61. The molecule has 1 aromatic carbocycles. The van der Waals surface area contributed by atoms with Gasteiger partial charge in [-0.05, 0) is 57.5 Å². The highest BCUT2D eigenvalue weighted by Gasteiger charge is 2.06. The van der Waals surface area contributed by atoms with Crippen LogP contribution in [0.4, 0.5) is 5.69 Å². The number of hydrogen-bond donors (Lipinski definition) is 2. The Bertz CT molecular complexity index is 654. The van der Waals surface area contributed by atoms with Gasteiger partial charge >= 0.3 is 0 Å². The summed E-state index contributed by atoms with van der Waals surface area (Å²) in [6.45, 7) is 4.72. The van der Waals surface area contributed by atoms with Gasteiger partial charge in [-0.3, -0.25) is 4.79 Å². The molecule has 1 heterocycles. The van der Waals surface area contributed by atoms with E-state index in [-0.39, 0.29) is 18.3 Å². The average molecular weight is 351 g/mol. The maximum Gasteiger partial charge on any atom is 0.224 e. The summed E-state index contributed by atoms with van der Waals surface area (Å²) in [5.74, 6) is 0.0586. The van der Waals surface area contributed by atoms with E-state index in [1.807, 2.05) is 48.9 Å². The van der Waals surface area contributed by atoms with E-state index in [4.69, 9.17) is 5.73 Å². The van der Waals surface area contributed by atoms with Crippen LogP contribution < -0.4 is 11.1 Å². The Morgan fingerprint density at radius 3 is 2.58 bits per heavy atom. The van der Waals surface area contributed by atoms with E-state index >= 15 is 0 Å². The number of amides is 1. The first-order valence-corrected chi connectivity index (χ1v) is 8.24. The molecule has 0 spiro atoms. The van der Waals surface area contributed by atoms with E-state index in [0.717, 1.165) is 55.0 Å². The molecule has 0 saturated heterocycles. The second-order valence-corrected chi connectivity index (χ2v) is 5.89. The van der Waals surface area contributed by atoms with Gasteiger partial charge in [0.1, 0.15) is 0 Å². The molecule has 0 bridgehead atoms. The Kier molecular flexibility index (Phi) is 8.50. The molecule has 0 aliphatic carbocycles. The van der Waals surface area contributed by atoms with E-state index in [1.54, 1.807) is 0 Å². The Morgan fingerprint density at radius 2 is 1.92 bits per heavy atom. The molecule has 0 saturated carbocycles. The molecule has 0 atom stereocenters. The number of rotatable bonds is 8. The minimum absolute atomic E-state index is 0. The number of carbonyl (C=O) groups is 1. The Morgan fingerprint density at radius 1 is 1.17 bits per heavy atom. The lowest BCUT2D eigenvalue weighted by Crippen LogP contribution is -2.11. The zero-order chi connectivity index (χ0) is 16.7. The lowest BCUT2D eigenvalue weighted by atomic mass is 10.1. The van der Waals surface area contributed by atoms with Crippen molar-refractivity contribution in [2.24, 2.45) is 5.73 Å². The molecule has 5 nitrogen and oxygen atoms in total. The molecular weight excluding hydrogens is 324 g/mol. The van der Waals surface area contributed by atoms with Gasteiger partial charge in [0, 0.05) is 17.8 Å². The van der Waals surface area contributed by atoms with Crippen molar-refractivity contribution >= 4 is 24.0 Å². The maximum absolute atomic E-state index is 12.0. The molecule has 3 N–H and O–H groups in total. The first-order chi connectivity index (χ1) is 11.1. The van der Waals surface area contributed by atoms with Crippen LogP contribution in [0.1, 0.15) is 43.5 Å². The molecule has 2 rings (SSSR count). The molecule has 0 aliphatic rings. The molecule has 6 heteroatoms. The van der Waals surface area contributed by atoms with Gasteiger partial charge in [-0.1, -0.05) is 18.9 Å². The summed E-state index contributed by atoms with van der Waals surface area (Å²) >= 11 is 0. The van der Waals surface area contributed by atoms with Crippen LogP contribution >= 0.6 is 12.4 Å². The minimum Gasteiger partial charge on any atom is -0.330 e. The van der Waals surface area contributed by atoms with E-state index in [0.29, 0.717) is 6.42 Å². The molecule has 1 amide bonds. The molecule has 0 radical (unpaired) electrons. The highest BCUT2D eigenvalue weighted by atomic mass is 35.5. The van der Waals surface area contributed by atoms with Gasteiger partial charge < -0.3 is 11.1 Å². The van der Waals surface area contributed by atoms with Crippen molar-refractivity contribution in [3.63, 3.8) is 0 Å². The number of aromatic nitrogens is 2. The lowest BCUT2D eigenvalue weighted by Gasteiger charge is -2.09. The van der Waals surface area contributed by atoms with Crippen LogP contribution in [0.15, 0.2) is 30.3 Å². The quantitative estimate of drug-likeness (QED) is 0.712. The SMILES string of the molecule is Cc1cc(C)n(-c2cccc(NC(=O)CCCCCCN)c2)n1.Cl. The first-order valence-electron chi connectivity index (χ1n) is 8.24. The topological polar surface area (TPSA) is 72.9 Å². The van der Waals surface area contributed by atoms with Gasteiger partial charge in [-0.25, -0.2) is 4.68 Å². The summed E-state index contributed by atoms with van der Waals surface area (Å²) < 4.78 is 1.89. The number of anilines is 1. The molecule has 132 valence electrons. The number of nitrogens with zero attached hydrogens (tertiary/aromatic N) is 2. The molecular formula is C18H27ClN4O. The van der Waals surface area contributed by atoms with Crippen LogP contribution in [0.5, 0.6) is 0 Å². The fraction of sp³-hybridized carbons (Fsp3) is 0.444. The normalized spacial score (nSPS) is 10.3. The fourth-order valence-electron chi connectivity index (χ4n) is 2.61. The van der Waals surface area contributed by atoms with Gasteiger partial charge in [-0.15, -0.1) is 12.4 Å². The number of hydrogen-bond acceptors (Lipinski definition) is 3. The monoisotopic (exact) mass is 350 g/mol. The second kappa shape index (κ2) is 10.1. The van der Waals surface area contributed by atoms with Gasteiger partial charge in [-0.2, -0.15) is 5.10 Å². The summed E-state index contributed by atoms with van der Waals surface area (Å²) in [6, 6.07) is 9.81. The largest absolute Gasteiger partial charge is 0.330 e. The second-order valence-electron chi connectivity index (χ2n) is 5.89. The van der Waals surface area contributed by atoms with Crippen LogP contribution in [0, 0.1) is 13.8 Å². The average Bonchev–Trinajstić information content (AvgIpc) is 2.86. The summed E-state index contributed by atoms with van der Waals surface area (Å²) in [6.07, 6.45) is 4.64. The number of carbonyl (C=O) groups excluding carboxylic acids is 1. The molecule has 0 aliphatic heterocycles. The first kappa shape index (κ1) is 20.2. The van der Waals surface area contributed by atoms with Gasteiger partial charge in [0.2, 0.25) is 5.91 Å². The predicted molar refractivity (Wildman–Crippen MR) is 101 cm³/mol. The number of benzene rings is 1. The number of aryl methyl sites for hydroxylation is 2. The van der Waals surface area contributed by atoms with Crippen LogP contribution in [0.2, 0.25) is 0 Å². The highest BCUT2D eigenvalue weighted by Crippen LogP contribution is 2.17. The number of nitrogens with two attached hydrogens (primary N) is 1. The number of nitrogens with one attached hydrogen (secondary N) is 1. The van der Waals surface area contributed by atoms with Crippen molar-refractivity contribution in [2.45, 2.75) is 46.0 Å². The third-order valence-corrected chi connectivity index (χ3v) is 3.74. The highest BCUT2D eigenvalue weighted by molar-refractivity contribution is 5.90. The molecule has 24 heavy (non-hydrogen) atoms. The van der Waals surface area contributed by atoms with Crippen molar-refractivity contribution in [2.75, 3.05) is 11.9 Å². The van der Waals surface area contributed by atoms with Crippen molar-refractivity contribution in [3.8, 4) is 5.69 Å². The Balaban J connectivity index is 0.00000288. The van der Waals surface area contributed by atoms with E-state index in [2.05, 4.69) is 10.4 Å². The molecule has 0 fully saturated rings. The van der Waals surface area contributed by atoms with E-state index in [9.17, 15) is 4.79 Å². The molecule has 2 aromatic rings. The summed E-state index contributed by atoms with van der Waals surface area (Å²) in [4.78, 5) is 12.0. The van der Waals surface area contributed by atoms with Crippen molar-refractivity contribution in [1.29, 1.82) is 0 Å². The minimum atomic E-state index is 0. The van der Waals surface area contributed by atoms with Gasteiger partial charge in [0.05, 0.1) is 11.4 Å². The van der Waals surface area contributed by atoms with Crippen LogP contribution in [0.3, 0.4) is 0 Å². The van der Waals surface area contributed by atoms with Crippen LogP contribution in [-0.2, 0) is 4.79 Å². The Labute approximate surface area is 150 Å². The maximum atomic E-state index is 12.0. The Hall–Kier alpha value is -1.85. The number of unbranched alkanes of at least 4 members (excludes halogenated alkanes) is 3. The van der Waals surface area contributed by atoms with Crippen molar-refractivity contribution in [3.05, 3.63) is 41.7 Å². The van der Waals surface area contributed by atoms with Crippen LogP contribution in [-0.4, -0.2) is 22.2 Å². The van der Waals surface area contributed by atoms with Gasteiger partial charge in [0.25, 0.3) is 0 Å². The van der Waals surface area contributed by atoms with Crippen LogP contribution in [0.25, 0.3) is 5.69 Å². The standard InChI is InChI=1S/C18H26N4O.ClH/c1-14-12-15(2)22(21-14)17-9-7-8-16(13-17)20-18(23)10-5-3-4-6-11-19;/h7-9,12-13H,3-6,10-11,19H2,1-2H3,(H,20,23);1H. The molecule has 1 aromatic heterocycles. The zero-order valence-corrected chi connectivity index (χ0v) is 15.2. The third kappa shape index (κ3) is 5.98. The van der Waals surface area contributed by atoms with Crippen molar-refractivity contribution in [1.82, 2.24) is 9.78 Å². The van der Waals surface area contributed by atoms with E-state index in [1.165, 1.54) is 0 Å². The van der Waals surface area contributed by atoms with Crippen molar-refractivity contribution < 1.29 is 4.79 Å². The molecule has 0 unspecified atom stereocenters. The predicted octanol–water partition coefficient (Wildman–Crippen LogP) is 3.76. The number of halogens is 1. The zero-order valence-electron chi connectivity index (χ0n) is 14.4. The summed E-state index contributed by atoms with van der Waals surface area (Å²) in [5, 5.41) is 7.44. The van der Waals surface area contributed by atoms with Gasteiger partial charge in [0.15, 0.2) is 0 Å². The summed E-state index contributed by atoms with van der Waals surface area (Å²) in [5.41, 5.74) is 9.28.